The van der Waals surface area contributed by atoms with E-state index < -0.39 is 97.5 Å². The molecule has 0 aliphatic carbocycles. The van der Waals surface area contributed by atoms with E-state index in [9.17, 15) is 43.2 Å². The van der Waals surface area contributed by atoms with Crippen LogP contribution in [-0.2, 0) is 65.4 Å². The van der Waals surface area contributed by atoms with E-state index in [1.54, 1.807) is 0 Å². The maximum absolute atomic E-state index is 13.0. The maximum atomic E-state index is 13.0. The molecule has 4 unspecified atom stereocenters. The number of esters is 4. The maximum Gasteiger partial charge on any atom is 0.472 e. The fraction of sp³-hybridized carbons (Fsp3) is 0.941. The first-order valence-corrected chi connectivity index (χ1v) is 38.3. The lowest BCUT2D eigenvalue weighted by Gasteiger charge is -2.21. The van der Waals surface area contributed by atoms with Crippen LogP contribution in [-0.4, -0.2) is 96.7 Å². The van der Waals surface area contributed by atoms with Crippen molar-refractivity contribution in [2.75, 3.05) is 39.6 Å². The van der Waals surface area contributed by atoms with Gasteiger partial charge in [-0.2, -0.15) is 0 Å². The molecule has 0 amide bonds. The van der Waals surface area contributed by atoms with Gasteiger partial charge in [0.2, 0.25) is 0 Å². The molecule has 0 aromatic heterocycles. The standard InChI is InChI=1S/C68H132O17P2/c1-9-60(7)46-38-30-24-26-33-41-49-66(71)79-55-64(85-68(73)51-43-35-27-25-31-39-47-61(8)10-2)57-83-87(76,77)81-53-62(69)52-80-86(74,75)82-56-63(54-78-65(70)48-40-32-22-18-15-14-17-21-29-37-45-59(5)6)84-67(72)50-42-34-23-19-13-11-12-16-20-28-36-44-58(3)4/h58-64,69H,9-57H2,1-8H3,(H,74,75)(H,76,77)/t60?,61?,62-,63-,64-/m1/s1. The highest BCUT2D eigenvalue weighted by Gasteiger charge is 2.30. The first-order valence-electron chi connectivity index (χ1n) is 35.3. The number of aliphatic hydroxyl groups is 1. The molecular weight excluding hydrogens is 1150 g/mol. The molecule has 0 spiro atoms. The van der Waals surface area contributed by atoms with Gasteiger partial charge in [-0.3, -0.25) is 37.3 Å². The number of phosphoric ester groups is 2. The molecule has 17 nitrogen and oxygen atoms in total. The van der Waals surface area contributed by atoms with Gasteiger partial charge >= 0.3 is 39.5 Å². The first kappa shape index (κ1) is 85.1. The Labute approximate surface area is 530 Å². The molecule has 0 radical (unpaired) electrons. The molecule has 0 aliphatic rings. The van der Waals surface area contributed by atoms with Gasteiger partial charge in [0.15, 0.2) is 12.2 Å². The first-order chi connectivity index (χ1) is 41.7. The van der Waals surface area contributed by atoms with Crippen LogP contribution in [0.5, 0.6) is 0 Å². The van der Waals surface area contributed by atoms with Gasteiger partial charge in [0, 0.05) is 25.7 Å². The van der Waals surface area contributed by atoms with Crippen molar-refractivity contribution in [3.63, 3.8) is 0 Å². The molecule has 0 aliphatic heterocycles. The minimum Gasteiger partial charge on any atom is -0.462 e. The number of carbonyl (C=O) groups excluding carboxylic acids is 4. The van der Waals surface area contributed by atoms with E-state index in [1.807, 2.05) is 0 Å². The number of ether oxygens (including phenoxy) is 4. The molecule has 87 heavy (non-hydrogen) atoms. The van der Waals surface area contributed by atoms with Crippen LogP contribution in [0.1, 0.15) is 331 Å². The molecular formula is C68H132O17P2. The van der Waals surface area contributed by atoms with Crippen LogP contribution in [0.3, 0.4) is 0 Å². The number of hydrogen-bond acceptors (Lipinski definition) is 15. The summed E-state index contributed by atoms with van der Waals surface area (Å²) in [7, 11) is -9.90. The highest BCUT2D eigenvalue weighted by molar-refractivity contribution is 7.47. The normalized spacial score (nSPS) is 15.0. The summed E-state index contributed by atoms with van der Waals surface area (Å²) in [6.07, 6.45) is 39.0. The molecule has 0 heterocycles. The van der Waals surface area contributed by atoms with Gasteiger partial charge < -0.3 is 33.8 Å². The number of phosphoric acid groups is 2. The third-order valence-corrected chi connectivity index (χ3v) is 18.2. The summed E-state index contributed by atoms with van der Waals surface area (Å²) in [6.45, 7) is 14.0. The van der Waals surface area contributed by atoms with Crippen molar-refractivity contribution in [3.05, 3.63) is 0 Å². The van der Waals surface area contributed by atoms with E-state index >= 15 is 0 Å². The van der Waals surface area contributed by atoms with E-state index in [0.717, 1.165) is 120 Å². The monoisotopic (exact) mass is 1280 g/mol. The van der Waals surface area contributed by atoms with E-state index in [-0.39, 0.29) is 25.7 Å². The zero-order chi connectivity index (χ0) is 64.7. The van der Waals surface area contributed by atoms with Gasteiger partial charge in [-0.1, -0.05) is 280 Å². The topological polar surface area (TPSA) is 237 Å². The quantitative estimate of drug-likeness (QED) is 0.0222. The van der Waals surface area contributed by atoms with Gasteiger partial charge in [-0.25, -0.2) is 9.13 Å². The third kappa shape index (κ3) is 60.1. The molecule has 3 N–H and O–H groups in total. The lowest BCUT2D eigenvalue weighted by molar-refractivity contribution is -0.161. The summed E-state index contributed by atoms with van der Waals surface area (Å²) in [5, 5.41) is 10.6. The van der Waals surface area contributed by atoms with E-state index in [4.69, 9.17) is 37.0 Å². The van der Waals surface area contributed by atoms with Crippen LogP contribution in [0.2, 0.25) is 0 Å². The average molecular weight is 1280 g/mol. The smallest absolute Gasteiger partial charge is 0.462 e. The van der Waals surface area contributed by atoms with Crippen LogP contribution in [0.15, 0.2) is 0 Å². The Balaban J connectivity index is 5.26. The molecule has 7 atom stereocenters. The van der Waals surface area contributed by atoms with E-state index in [1.165, 1.54) is 128 Å². The molecule has 0 aromatic carbocycles. The van der Waals surface area contributed by atoms with E-state index in [0.29, 0.717) is 25.7 Å². The van der Waals surface area contributed by atoms with Crippen LogP contribution >= 0.6 is 15.6 Å². The Bertz CT molecular complexity index is 1730. The van der Waals surface area contributed by atoms with Crippen molar-refractivity contribution >= 4 is 39.5 Å². The second-order valence-corrected chi connectivity index (χ2v) is 28.9. The Morgan fingerprint density at radius 1 is 0.322 bits per heavy atom. The number of aliphatic hydroxyl groups excluding tert-OH is 1. The molecule has 0 saturated carbocycles. The summed E-state index contributed by atoms with van der Waals surface area (Å²) in [6, 6.07) is 0. The second-order valence-electron chi connectivity index (χ2n) is 26.0. The van der Waals surface area contributed by atoms with Gasteiger partial charge in [0.25, 0.3) is 0 Å². The lowest BCUT2D eigenvalue weighted by Crippen LogP contribution is -2.30. The van der Waals surface area contributed by atoms with Crippen molar-refractivity contribution in [2.24, 2.45) is 23.7 Å². The van der Waals surface area contributed by atoms with Crippen molar-refractivity contribution in [1.82, 2.24) is 0 Å². The number of hydrogen-bond donors (Lipinski definition) is 3. The van der Waals surface area contributed by atoms with Gasteiger partial charge in [-0.05, 0) is 49.4 Å². The predicted molar refractivity (Wildman–Crippen MR) is 349 cm³/mol. The summed E-state index contributed by atoms with van der Waals surface area (Å²) in [5.74, 6) is 0.839. The van der Waals surface area contributed by atoms with Crippen LogP contribution in [0.25, 0.3) is 0 Å². The fourth-order valence-corrected chi connectivity index (χ4v) is 11.7. The molecule has 0 rings (SSSR count). The van der Waals surface area contributed by atoms with Crippen molar-refractivity contribution in [1.29, 1.82) is 0 Å². The fourth-order valence-electron chi connectivity index (χ4n) is 10.1. The van der Waals surface area contributed by atoms with Gasteiger partial charge in [0.1, 0.15) is 19.3 Å². The number of rotatable bonds is 65. The zero-order valence-electron chi connectivity index (χ0n) is 56.6. The molecule has 19 heteroatoms. The van der Waals surface area contributed by atoms with Crippen LogP contribution < -0.4 is 0 Å². The summed E-state index contributed by atoms with van der Waals surface area (Å²) >= 11 is 0. The average Bonchev–Trinajstić information content (AvgIpc) is 3.68. The van der Waals surface area contributed by atoms with Crippen molar-refractivity contribution in [2.45, 2.75) is 350 Å². The third-order valence-electron chi connectivity index (χ3n) is 16.3. The van der Waals surface area contributed by atoms with Crippen molar-refractivity contribution in [3.8, 4) is 0 Å². The Morgan fingerprint density at radius 2 is 0.552 bits per heavy atom. The Hall–Kier alpha value is -1.94. The highest BCUT2D eigenvalue weighted by atomic mass is 31.2. The lowest BCUT2D eigenvalue weighted by atomic mass is 10.00. The van der Waals surface area contributed by atoms with E-state index in [2.05, 4.69) is 55.4 Å². The van der Waals surface area contributed by atoms with Gasteiger partial charge in [-0.15, -0.1) is 0 Å². The summed E-state index contributed by atoms with van der Waals surface area (Å²) in [5.41, 5.74) is 0. The minimum absolute atomic E-state index is 0.101. The minimum atomic E-state index is -4.95. The molecule has 0 saturated heterocycles. The Morgan fingerprint density at radius 3 is 0.816 bits per heavy atom. The van der Waals surface area contributed by atoms with Crippen LogP contribution in [0, 0.1) is 23.7 Å². The number of unbranched alkanes of at least 4 members (excludes halogenated alkanes) is 29. The van der Waals surface area contributed by atoms with Crippen LogP contribution in [0.4, 0.5) is 0 Å². The number of carbonyl (C=O) groups is 4. The predicted octanol–water partition coefficient (Wildman–Crippen LogP) is 18.9. The zero-order valence-corrected chi connectivity index (χ0v) is 58.4. The second kappa shape index (κ2) is 57.9. The summed E-state index contributed by atoms with van der Waals surface area (Å²) in [4.78, 5) is 72.4. The molecule has 516 valence electrons. The Kier molecular flexibility index (Phi) is 56.6. The van der Waals surface area contributed by atoms with Crippen molar-refractivity contribution < 1.29 is 80.2 Å². The largest absolute Gasteiger partial charge is 0.472 e. The van der Waals surface area contributed by atoms with Gasteiger partial charge in [0.05, 0.1) is 26.4 Å². The molecule has 0 aromatic rings. The summed E-state index contributed by atoms with van der Waals surface area (Å²) < 4.78 is 68.2. The molecule has 0 bridgehead atoms. The molecule has 0 fully saturated rings. The SMILES string of the molecule is CCC(C)CCCCCCCCC(=O)OC[C@H](COP(=O)(O)OC[C@H](O)COP(=O)(O)OC[C@@H](COC(=O)CCCCCCCCCCCCC(C)C)OC(=O)CCCCCCCCCCCCCC(C)C)OC(=O)CCCCCCCCC(C)CC. The highest BCUT2D eigenvalue weighted by Crippen LogP contribution is 2.45.